The van der Waals surface area contributed by atoms with Gasteiger partial charge in [-0.15, -0.1) is 0 Å². The Hall–Kier alpha value is -1.37. The van der Waals surface area contributed by atoms with E-state index in [4.69, 9.17) is 0 Å². The quantitative estimate of drug-likeness (QED) is 0.726. The molecular weight excluding hydrogens is 240 g/mol. The molecule has 3 rings (SSSR count). The van der Waals surface area contributed by atoms with Gasteiger partial charge in [0.05, 0.1) is 6.07 Å². The van der Waals surface area contributed by atoms with E-state index in [2.05, 4.69) is 0 Å². The van der Waals surface area contributed by atoms with Crippen LogP contribution in [0.1, 0.15) is 38.5 Å². The lowest BCUT2D eigenvalue weighted by Gasteiger charge is -2.24. The molecule has 4 heteroatoms. The topological polar surface area (TPSA) is 61.2 Å². The molecule has 4 atom stereocenters. The highest BCUT2D eigenvalue weighted by atomic mass is 16.2. The molecular formula is C15H20N2O2. The Morgan fingerprint density at radius 2 is 1.89 bits per heavy atom. The van der Waals surface area contributed by atoms with Crippen molar-refractivity contribution in [2.75, 3.05) is 13.1 Å². The highest BCUT2D eigenvalue weighted by molar-refractivity contribution is 6.05. The van der Waals surface area contributed by atoms with Gasteiger partial charge in [-0.2, -0.15) is 5.26 Å². The van der Waals surface area contributed by atoms with E-state index in [0.717, 1.165) is 32.1 Å². The zero-order valence-electron chi connectivity index (χ0n) is 11.2. The number of amides is 1. The number of rotatable bonds is 3. The van der Waals surface area contributed by atoms with Gasteiger partial charge in [-0.3, -0.25) is 9.59 Å². The maximum Gasteiger partial charge on any atom is 0.247 e. The summed E-state index contributed by atoms with van der Waals surface area (Å²) in [7, 11) is 0. The summed E-state index contributed by atoms with van der Waals surface area (Å²) in [5, 5.41) is 9.24. The number of fused-ring (bicyclic) bond motifs is 2. The Kier molecular flexibility index (Phi) is 3.30. The fraction of sp³-hybridized carbons (Fsp3) is 0.800. The van der Waals surface area contributed by atoms with Crippen LogP contribution in [-0.2, 0) is 9.59 Å². The number of nitriles is 1. The Labute approximate surface area is 113 Å². The Morgan fingerprint density at radius 1 is 1.16 bits per heavy atom. The fourth-order valence-corrected chi connectivity index (χ4v) is 4.17. The molecule has 3 fully saturated rings. The van der Waals surface area contributed by atoms with E-state index in [1.807, 2.05) is 6.07 Å². The summed E-state index contributed by atoms with van der Waals surface area (Å²) in [5.74, 6) is -0.281. The minimum atomic E-state index is -1.04. The van der Waals surface area contributed by atoms with Crippen LogP contribution in [0.15, 0.2) is 0 Å². The normalized spacial score (nSPS) is 34.3. The third kappa shape index (κ3) is 2.16. The van der Waals surface area contributed by atoms with E-state index in [1.54, 1.807) is 4.90 Å². The van der Waals surface area contributed by atoms with Crippen LogP contribution in [0.2, 0.25) is 0 Å². The molecule has 0 N–H and O–H groups in total. The summed E-state index contributed by atoms with van der Waals surface area (Å²) < 4.78 is 0. The van der Waals surface area contributed by atoms with E-state index in [-0.39, 0.29) is 17.6 Å². The Morgan fingerprint density at radius 3 is 2.42 bits per heavy atom. The van der Waals surface area contributed by atoms with Crippen molar-refractivity contribution in [2.45, 2.75) is 38.5 Å². The first-order valence-electron chi connectivity index (χ1n) is 7.43. The number of hydrogen-bond donors (Lipinski definition) is 0. The molecule has 0 aromatic heterocycles. The van der Waals surface area contributed by atoms with Gasteiger partial charge in [0.15, 0.2) is 11.7 Å². The lowest BCUT2D eigenvalue weighted by atomic mass is 9.81. The number of hydrogen-bond acceptors (Lipinski definition) is 3. The molecule has 19 heavy (non-hydrogen) atoms. The maximum absolute atomic E-state index is 12.5. The van der Waals surface area contributed by atoms with Gasteiger partial charge >= 0.3 is 0 Å². The van der Waals surface area contributed by atoms with Gasteiger partial charge in [0.25, 0.3) is 0 Å². The molecule has 1 aliphatic heterocycles. The molecule has 4 nitrogen and oxygen atoms in total. The smallest absolute Gasteiger partial charge is 0.247 e. The van der Waals surface area contributed by atoms with Gasteiger partial charge in [0.1, 0.15) is 0 Å². The summed E-state index contributed by atoms with van der Waals surface area (Å²) >= 11 is 0. The number of carbonyl (C=O) groups excluding carboxylic acids is 2. The third-order valence-corrected chi connectivity index (χ3v) is 5.18. The molecule has 0 spiro atoms. The molecule has 2 saturated carbocycles. The summed E-state index contributed by atoms with van der Waals surface area (Å²) in [5.41, 5.74) is 0. The lowest BCUT2D eigenvalue weighted by Crippen LogP contribution is -2.40. The first-order valence-corrected chi connectivity index (χ1v) is 7.43. The molecule has 0 unspecified atom stereocenters. The second kappa shape index (κ2) is 4.96. The zero-order chi connectivity index (χ0) is 13.4. The average molecular weight is 260 g/mol. The van der Waals surface area contributed by atoms with Crippen LogP contribution < -0.4 is 0 Å². The summed E-state index contributed by atoms with van der Waals surface area (Å²) in [6, 6.07) is 1.97. The minimum Gasteiger partial charge on any atom is -0.341 e. The van der Waals surface area contributed by atoms with Gasteiger partial charge < -0.3 is 4.90 Å². The number of ketones is 1. The summed E-state index contributed by atoms with van der Waals surface area (Å²) in [4.78, 5) is 26.5. The molecule has 102 valence electrons. The molecule has 1 amide bonds. The van der Waals surface area contributed by atoms with E-state index >= 15 is 0 Å². The zero-order valence-corrected chi connectivity index (χ0v) is 11.2. The highest BCUT2D eigenvalue weighted by Crippen LogP contribution is 2.49. The van der Waals surface area contributed by atoms with Crippen molar-refractivity contribution in [3.05, 3.63) is 0 Å². The molecule has 2 bridgehead atoms. The molecule has 1 saturated heterocycles. The lowest BCUT2D eigenvalue weighted by molar-refractivity contribution is -0.140. The van der Waals surface area contributed by atoms with Gasteiger partial charge in [-0.1, -0.05) is 6.42 Å². The molecule has 0 aromatic rings. The van der Waals surface area contributed by atoms with Gasteiger partial charge in [-0.05, 0) is 43.9 Å². The second-order valence-corrected chi connectivity index (χ2v) is 6.28. The first-order chi connectivity index (χ1) is 9.20. The van der Waals surface area contributed by atoms with Crippen molar-refractivity contribution >= 4 is 11.7 Å². The molecule has 0 aromatic carbocycles. The number of nitrogens with zero attached hydrogens (tertiary/aromatic N) is 2. The van der Waals surface area contributed by atoms with Crippen molar-refractivity contribution < 1.29 is 9.59 Å². The van der Waals surface area contributed by atoms with Crippen molar-refractivity contribution in [2.24, 2.45) is 23.7 Å². The van der Waals surface area contributed by atoms with Crippen LogP contribution in [0, 0.1) is 35.0 Å². The summed E-state index contributed by atoms with van der Waals surface area (Å²) in [6.45, 7) is 1.42. The van der Waals surface area contributed by atoms with Crippen LogP contribution in [0.4, 0.5) is 0 Å². The monoisotopic (exact) mass is 260 g/mol. The number of carbonyl (C=O) groups is 2. The number of likely N-dealkylation sites (tertiary alicyclic amines) is 1. The van der Waals surface area contributed by atoms with Crippen molar-refractivity contribution in [1.29, 1.82) is 5.26 Å². The van der Waals surface area contributed by atoms with Crippen molar-refractivity contribution in [3.63, 3.8) is 0 Å². The van der Waals surface area contributed by atoms with Crippen LogP contribution in [0.5, 0.6) is 0 Å². The van der Waals surface area contributed by atoms with Crippen LogP contribution in [0.3, 0.4) is 0 Å². The van der Waals surface area contributed by atoms with Gasteiger partial charge in [0, 0.05) is 19.0 Å². The van der Waals surface area contributed by atoms with Crippen molar-refractivity contribution in [1.82, 2.24) is 4.90 Å². The maximum atomic E-state index is 12.5. The largest absolute Gasteiger partial charge is 0.341 e. The van der Waals surface area contributed by atoms with E-state index in [0.29, 0.717) is 24.9 Å². The molecule has 1 heterocycles. The molecule has 2 aliphatic carbocycles. The Balaban J connectivity index is 1.70. The standard InChI is InChI=1S/C15H20N2O2/c16-9-13(15(19)17-5-1-2-6-17)14(18)12-8-10-3-4-11(12)7-10/h10-13H,1-8H2/t10-,11-,12+,13-/m0/s1. The first kappa shape index (κ1) is 12.7. The Bertz CT molecular complexity index is 434. The highest BCUT2D eigenvalue weighted by Gasteiger charge is 2.46. The average Bonchev–Trinajstić information content (AvgIpc) is 3.15. The second-order valence-electron chi connectivity index (χ2n) is 6.28. The van der Waals surface area contributed by atoms with Crippen LogP contribution >= 0.6 is 0 Å². The van der Waals surface area contributed by atoms with Gasteiger partial charge in [-0.25, -0.2) is 0 Å². The predicted molar refractivity (Wildman–Crippen MR) is 68.9 cm³/mol. The van der Waals surface area contributed by atoms with Crippen LogP contribution in [0.25, 0.3) is 0 Å². The van der Waals surface area contributed by atoms with E-state index < -0.39 is 5.92 Å². The molecule has 3 aliphatic rings. The fourth-order valence-electron chi connectivity index (χ4n) is 4.17. The minimum absolute atomic E-state index is 0.0186. The number of Topliss-reactive ketones (excluding diaryl/α,β-unsaturated/α-hetero) is 1. The van der Waals surface area contributed by atoms with E-state index in [1.165, 1.54) is 6.42 Å². The molecule has 0 radical (unpaired) electrons. The van der Waals surface area contributed by atoms with Gasteiger partial charge in [0.2, 0.25) is 5.91 Å². The van der Waals surface area contributed by atoms with E-state index in [9.17, 15) is 14.9 Å². The SMILES string of the molecule is N#C[C@@H](C(=O)[C@@H]1C[C@H]2CC[C@H]1C2)C(=O)N1CCCC1. The summed E-state index contributed by atoms with van der Waals surface area (Å²) in [6.07, 6.45) is 6.36. The van der Waals surface area contributed by atoms with Crippen molar-refractivity contribution in [3.8, 4) is 6.07 Å². The van der Waals surface area contributed by atoms with Crippen LogP contribution in [-0.4, -0.2) is 29.7 Å². The third-order valence-electron chi connectivity index (χ3n) is 5.18. The predicted octanol–water partition coefficient (Wildman–Crippen LogP) is 1.75.